The van der Waals surface area contributed by atoms with Crippen LogP contribution in [0.3, 0.4) is 0 Å². The molecule has 0 unspecified atom stereocenters. The maximum atomic E-state index is 2.26. The molecule has 2 aliphatic heterocycles. The maximum absolute atomic E-state index is 2.26. The molecule has 1 spiro atoms. The fourth-order valence-electron chi connectivity index (χ4n) is 1.57. The van der Waals surface area contributed by atoms with Crippen LogP contribution in [-0.4, -0.2) is 14.2 Å². The van der Waals surface area contributed by atoms with Crippen molar-refractivity contribution >= 4 is 47.0 Å². The highest BCUT2D eigenvalue weighted by Gasteiger charge is 2.40. The Balaban J connectivity index is 1.92. The Hall–Kier alpha value is 0.620. The van der Waals surface area contributed by atoms with Gasteiger partial charge in [-0.3, -0.25) is 0 Å². The minimum Gasteiger partial charge on any atom is -0.121 e. The first-order valence-electron chi connectivity index (χ1n) is 4.57. The highest BCUT2D eigenvalue weighted by atomic mass is 32.3. The van der Waals surface area contributed by atoms with Crippen molar-refractivity contribution in [3.05, 3.63) is 29.8 Å². The molecule has 0 aliphatic carbocycles. The molecule has 1 fully saturated rings. The van der Waals surface area contributed by atoms with E-state index in [1.165, 1.54) is 27.7 Å². The zero-order chi connectivity index (χ0) is 9.43. The molecule has 0 radical (unpaired) electrons. The Bertz CT molecular complexity index is 344. The molecule has 0 amide bonds. The molecule has 74 valence electrons. The lowest BCUT2D eigenvalue weighted by Gasteiger charge is -2.31. The highest BCUT2D eigenvalue weighted by molar-refractivity contribution is 8.49. The Labute approximate surface area is 101 Å². The Morgan fingerprint density at radius 2 is 1.79 bits per heavy atom. The lowest BCUT2D eigenvalue weighted by atomic mass is 10.2. The van der Waals surface area contributed by atoms with Crippen molar-refractivity contribution in [1.82, 2.24) is 0 Å². The number of fused-ring (bicyclic) bond motifs is 1. The number of hydrogen-bond acceptors (Lipinski definition) is 4. The molecule has 1 aromatic carbocycles. The van der Waals surface area contributed by atoms with Crippen LogP contribution >= 0.6 is 47.0 Å². The third-order valence-corrected chi connectivity index (χ3v) is 9.64. The van der Waals surface area contributed by atoms with E-state index < -0.39 is 0 Å². The SMILES string of the molecule is c1ccc2c(c1)CSC1(SCCS1)S2. The summed E-state index contributed by atoms with van der Waals surface area (Å²) in [5, 5.41) is 0. The van der Waals surface area contributed by atoms with Crippen LogP contribution in [0.25, 0.3) is 0 Å². The van der Waals surface area contributed by atoms with E-state index in [9.17, 15) is 0 Å². The average Bonchev–Trinajstić information content (AvgIpc) is 2.66. The normalized spacial score (nSPS) is 23.7. The summed E-state index contributed by atoms with van der Waals surface area (Å²) >= 11 is 8.40. The van der Waals surface area contributed by atoms with Crippen molar-refractivity contribution in [1.29, 1.82) is 0 Å². The van der Waals surface area contributed by atoms with Gasteiger partial charge in [0.15, 0.2) is 2.74 Å². The number of hydrogen-bond donors (Lipinski definition) is 0. The lowest BCUT2D eigenvalue weighted by Crippen LogP contribution is -2.11. The van der Waals surface area contributed by atoms with E-state index in [0.29, 0.717) is 2.74 Å². The van der Waals surface area contributed by atoms with Gasteiger partial charge in [0.05, 0.1) is 0 Å². The van der Waals surface area contributed by atoms with Crippen molar-refractivity contribution < 1.29 is 0 Å². The van der Waals surface area contributed by atoms with Gasteiger partial charge in [0.25, 0.3) is 0 Å². The van der Waals surface area contributed by atoms with Gasteiger partial charge >= 0.3 is 0 Å². The zero-order valence-electron chi connectivity index (χ0n) is 7.56. The van der Waals surface area contributed by atoms with E-state index in [0.717, 1.165) is 0 Å². The Morgan fingerprint density at radius 1 is 1.00 bits per heavy atom. The van der Waals surface area contributed by atoms with Gasteiger partial charge in [0.1, 0.15) is 0 Å². The van der Waals surface area contributed by atoms with E-state index >= 15 is 0 Å². The molecule has 1 saturated heterocycles. The maximum Gasteiger partial charge on any atom is 0.158 e. The lowest BCUT2D eigenvalue weighted by molar-refractivity contribution is 1.25. The first-order valence-corrected chi connectivity index (χ1v) is 8.34. The molecule has 1 aromatic rings. The average molecular weight is 258 g/mol. The Kier molecular flexibility index (Phi) is 2.73. The highest BCUT2D eigenvalue weighted by Crippen LogP contribution is 2.64. The summed E-state index contributed by atoms with van der Waals surface area (Å²) in [6, 6.07) is 8.82. The molecule has 3 rings (SSSR count). The summed E-state index contributed by atoms with van der Waals surface area (Å²) in [6.45, 7) is 0. The van der Waals surface area contributed by atoms with E-state index in [1.54, 1.807) is 0 Å². The quantitative estimate of drug-likeness (QED) is 0.686. The van der Waals surface area contributed by atoms with Crippen LogP contribution in [-0.2, 0) is 5.75 Å². The Morgan fingerprint density at radius 3 is 2.64 bits per heavy atom. The third-order valence-electron chi connectivity index (χ3n) is 2.25. The van der Waals surface area contributed by atoms with Gasteiger partial charge in [-0.1, -0.05) is 30.0 Å². The van der Waals surface area contributed by atoms with Crippen molar-refractivity contribution in [2.45, 2.75) is 13.4 Å². The van der Waals surface area contributed by atoms with Crippen molar-refractivity contribution in [2.24, 2.45) is 0 Å². The molecule has 0 nitrogen and oxygen atoms in total. The van der Waals surface area contributed by atoms with Gasteiger partial charge in [0.2, 0.25) is 0 Å². The molecule has 2 heterocycles. The van der Waals surface area contributed by atoms with Crippen LogP contribution < -0.4 is 0 Å². The summed E-state index contributed by atoms with van der Waals surface area (Å²) in [5.41, 5.74) is 1.52. The van der Waals surface area contributed by atoms with Gasteiger partial charge in [-0.05, 0) is 11.6 Å². The summed E-state index contributed by atoms with van der Waals surface area (Å²) in [5.74, 6) is 3.81. The molecular weight excluding hydrogens is 248 g/mol. The first-order chi connectivity index (χ1) is 6.88. The van der Waals surface area contributed by atoms with Gasteiger partial charge < -0.3 is 0 Å². The second-order valence-corrected chi connectivity index (χ2v) is 9.81. The molecule has 0 atom stereocenters. The molecule has 2 aliphatic rings. The molecule has 0 saturated carbocycles. The predicted molar refractivity (Wildman–Crippen MR) is 71.2 cm³/mol. The van der Waals surface area contributed by atoms with Crippen LogP contribution in [0.5, 0.6) is 0 Å². The molecule has 14 heavy (non-hydrogen) atoms. The van der Waals surface area contributed by atoms with Gasteiger partial charge in [-0.25, -0.2) is 0 Å². The minimum atomic E-state index is 0.383. The molecular formula is C10H10S4. The summed E-state index contributed by atoms with van der Waals surface area (Å²) in [7, 11) is 0. The standard InChI is InChI=1S/C10H10S4/c1-2-4-9-8(3-1)7-13-10(14-9)11-5-6-12-10/h1-4H,5-7H2. The minimum absolute atomic E-state index is 0.383. The molecule has 0 N–H and O–H groups in total. The number of thioether (sulfide) groups is 4. The van der Waals surface area contributed by atoms with E-state index in [2.05, 4.69) is 71.3 Å². The predicted octanol–water partition coefficient (Wildman–Crippen LogP) is 4.12. The van der Waals surface area contributed by atoms with Gasteiger partial charge in [-0.15, -0.1) is 35.3 Å². The van der Waals surface area contributed by atoms with Crippen molar-refractivity contribution in [3.8, 4) is 0 Å². The molecule has 0 aromatic heterocycles. The smallest absolute Gasteiger partial charge is 0.121 e. The monoisotopic (exact) mass is 258 g/mol. The van der Waals surface area contributed by atoms with Crippen LogP contribution in [0.2, 0.25) is 0 Å². The fourth-order valence-corrected chi connectivity index (χ4v) is 8.64. The number of rotatable bonds is 0. The van der Waals surface area contributed by atoms with Crippen LogP contribution in [0.4, 0.5) is 0 Å². The second kappa shape index (κ2) is 3.89. The van der Waals surface area contributed by atoms with Crippen LogP contribution in [0.1, 0.15) is 5.56 Å². The number of benzene rings is 1. The third kappa shape index (κ3) is 1.70. The van der Waals surface area contributed by atoms with Crippen molar-refractivity contribution in [3.63, 3.8) is 0 Å². The van der Waals surface area contributed by atoms with E-state index in [4.69, 9.17) is 0 Å². The first kappa shape index (κ1) is 9.82. The topological polar surface area (TPSA) is 0 Å². The zero-order valence-corrected chi connectivity index (χ0v) is 10.8. The summed E-state index contributed by atoms with van der Waals surface area (Å²) in [4.78, 5) is 1.49. The summed E-state index contributed by atoms with van der Waals surface area (Å²) < 4.78 is 0.383. The van der Waals surface area contributed by atoms with Crippen LogP contribution in [0, 0.1) is 0 Å². The van der Waals surface area contributed by atoms with E-state index in [-0.39, 0.29) is 0 Å². The second-order valence-electron chi connectivity index (χ2n) is 3.20. The van der Waals surface area contributed by atoms with Crippen molar-refractivity contribution in [2.75, 3.05) is 11.5 Å². The fraction of sp³-hybridized carbons (Fsp3) is 0.400. The van der Waals surface area contributed by atoms with Gasteiger partial charge in [-0.2, -0.15) is 0 Å². The van der Waals surface area contributed by atoms with Gasteiger partial charge in [0, 0.05) is 22.2 Å². The largest absolute Gasteiger partial charge is 0.158 e. The van der Waals surface area contributed by atoms with E-state index in [1.807, 2.05) is 0 Å². The molecule has 0 bridgehead atoms. The van der Waals surface area contributed by atoms with Crippen LogP contribution in [0.15, 0.2) is 29.2 Å². The molecule has 4 heteroatoms. The summed E-state index contributed by atoms with van der Waals surface area (Å²) in [6.07, 6.45) is 0.